The number of carbonyl (C=O) groups is 2. The molecule has 23 heavy (non-hydrogen) atoms. The fraction of sp³-hybridized carbons (Fsp3) is 0.333. The van der Waals surface area contributed by atoms with Gasteiger partial charge < -0.3 is 15.2 Å². The van der Waals surface area contributed by atoms with Crippen molar-refractivity contribution in [1.29, 1.82) is 0 Å². The molecule has 2 N–H and O–H groups in total. The van der Waals surface area contributed by atoms with Crippen LogP contribution in [-0.4, -0.2) is 45.2 Å². The lowest BCUT2D eigenvalue weighted by molar-refractivity contribution is -0.116. The van der Waals surface area contributed by atoms with Crippen molar-refractivity contribution in [1.82, 2.24) is 15.0 Å². The lowest BCUT2D eigenvalue weighted by Gasteiger charge is -2.07. The van der Waals surface area contributed by atoms with E-state index in [1.807, 2.05) is 6.92 Å². The average Bonchev–Trinajstić information content (AvgIpc) is 3.02. The molecule has 0 atom stereocenters. The van der Waals surface area contributed by atoms with E-state index in [4.69, 9.17) is 9.84 Å². The standard InChI is InChI=1S/C15H18N4O4/c1-2-23-8-4-7-14(20)16-11-5-3-6-12(9-11)19-10-13(15(21)22)17-18-19/h3,5-6,9-10H,2,4,7-8H2,1H3,(H,16,20)(H,21,22). The van der Waals surface area contributed by atoms with Crippen molar-refractivity contribution < 1.29 is 19.4 Å². The zero-order chi connectivity index (χ0) is 16.7. The Morgan fingerprint density at radius 2 is 2.22 bits per heavy atom. The highest BCUT2D eigenvalue weighted by Crippen LogP contribution is 2.14. The molecule has 122 valence electrons. The summed E-state index contributed by atoms with van der Waals surface area (Å²) in [5, 5.41) is 18.9. The van der Waals surface area contributed by atoms with Crippen molar-refractivity contribution in [2.24, 2.45) is 0 Å². The number of hydrogen-bond acceptors (Lipinski definition) is 5. The van der Waals surface area contributed by atoms with Crippen molar-refractivity contribution in [2.45, 2.75) is 19.8 Å². The molecule has 0 aliphatic carbocycles. The van der Waals surface area contributed by atoms with E-state index in [9.17, 15) is 9.59 Å². The van der Waals surface area contributed by atoms with Crippen LogP contribution in [-0.2, 0) is 9.53 Å². The van der Waals surface area contributed by atoms with Crippen molar-refractivity contribution in [3.05, 3.63) is 36.2 Å². The first kappa shape index (κ1) is 16.6. The van der Waals surface area contributed by atoms with Crippen molar-refractivity contribution in [3.63, 3.8) is 0 Å². The Hall–Kier alpha value is -2.74. The number of benzene rings is 1. The Morgan fingerprint density at radius 3 is 2.91 bits per heavy atom. The highest BCUT2D eigenvalue weighted by molar-refractivity contribution is 5.91. The molecule has 2 aromatic rings. The summed E-state index contributed by atoms with van der Waals surface area (Å²) in [5.41, 5.74) is 1.07. The van der Waals surface area contributed by atoms with Crippen LogP contribution < -0.4 is 5.32 Å². The molecule has 8 heteroatoms. The molecule has 0 aliphatic heterocycles. The largest absolute Gasteiger partial charge is 0.476 e. The maximum absolute atomic E-state index is 11.8. The predicted molar refractivity (Wildman–Crippen MR) is 82.7 cm³/mol. The SMILES string of the molecule is CCOCCCC(=O)Nc1cccc(-n2cc(C(=O)O)nn2)c1. The Labute approximate surface area is 133 Å². The van der Waals surface area contributed by atoms with Gasteiger partial charge in [0, 0.05) is 25.3 Å². The van der Waals surface area contributed by atoms with Crippen LogP contribution in [0.1, 0.15) is 30.3 Å². The average molecular weight is 318 g/mol. The van der Waals surface area contributed by atoms with Gasteiger partial charge in [-0.25, -0.2) is 9.48 Å². The van der Waals surface area contributed by atoms with E-state index >= 15 is 0 Å². The summed E-state index contributed by atoms with van der Waals surface area (Å²) in [4.78, 5) is 22.7. The molecular formula is C15H18N4O4. The van der Waals surface area contributed by atoms with Crippen LogP contribution in [0.25, 0.3) is 5.69 Å². The number of carbonyl (C=O) groups excluding carboxylic acids is 1. The monoisotopic (exact) mass is 318 g/mol. The lowest BCUT2D eigenvalue weighted by atomic mass is 10.2. The van der Waals surface area contributed by atoms with Gasteiger partial charge in [0.05, 0.1) is 11.9 Å². The second-order valence-corrected chi connectivity index (χ2v) is 4.75. The summed E-state index contributed by atoms with van der Waals surface area (Å²) >= 11 is 0. The highest BCUT2D eigenvalue weighted by Gasteiger charge is 2.10. The first-order valence-electron chi connectivity index (χ1n) is 7.24. The summed E-state index contributed by atoms with van der Waals surface area (Å²) in [6.45, 7) is 3.10. The molecule has 8 nitrogen and oxygen atoms in total. The highest BCUT2D eigenvalue weighted by atomic mass is 16.5. The van der Waals surface area contributed by atoms with Crippen molar-refractivity contribution in [3.8, 4) is 5.69 Å². The predicted octanol–water partition coefficient (Wildman–Crippen LogP) is 1.72. The van der Waals surface area contributed by atoms with Gasteiger partial charge in [0.1, 0.15) is 0 Å². The molecule has 1 amide bonds. The Kier molecular flexibility index (Phi) is 5.81. The van der Waals surface area contributed by atoms with Crippen molar-refractivity contribution >= 4 is 17.6 Å². The summed E-state index contributed by atoms with van der Waals surface area (Å²) in [5.74, 6) is -1.25. The molecule has 2 rings (SSSR count). The third kappa shape index (κ3) is 4.89. The summed E-state index contributed by atoms with van der Waals surface area (Å²) in [6, 6.07) is 6.93. The Bertz CT molecular complexity index is 684. The number of aromatic carboxylic acids is 1. The lowest BCUT2D eigenvalue weighted by Crippen LogP contribution is -2.12. The number of carboxylic acid groups (broad SMARTS) is 1. The molecule has 1 heterocycles. The van der Waals surface area contributed by atoms with E-state index in [1.165, 1.54) is 10.9 Å². The van der Waals surface area contributed by atoms with Crippen molar-refractivity contribution in [2.75, 3.05) is 18.5 Å². The molecular weight excluding hydrogens is 300 g/mol. The molecule has 0 aliphatic rings. The second-order valence-electron chi connectivity index (χ2n) is 4.75. The van der Waals surface area contributed by atoms with E-state index in [2.05, 4.69) is 15.6 Å². The van der Waals surface area contributed by atoms with Crippen LogP contribution in [0.2, 0.25) is 0 Å². The maximum atomic E-state index is 11.8. The molecule has 1 aromatic carbocycles. The number of nitrogens with one attached hydrogen (secondary N) is 1. The number of hydrogen-bond donors (Lipinski definition) is 2. The number of aromatic nitrogens is 3. The summed E-state index contributed by atoms with van der Waals surface area (Å²) in [7, 11) is 0. The van der Waals surface area contributed by atoms with Crippen LogP contribution in [0, 0.1) is 0 Å². The zero-order valence-corrected chi connectivity index (χ0v) is 12.7. The molecule has 1 aromatic heterocycles. The summed E-state index contributed by atoms with van der Waals surface area (Å²) in [6.07, 6.45) is 2.34. The van der Waals surface area contributed by atoms with Gasteiger partial charge in [-0.1, -0.05) is 11.3 Å². The van der Waals surface area contributed by atoms with Gasteiger partial charge in [0.2, 0.25) is 5.91 Å². The van der Waals surface area contributed by atoms with Crippen LogP contribution in [0.3, 0.4) is 0 Å². The third-order valence-corrected chi connectivity index (χ3v) is 3.00. The van der Waals surface area contributed by atoms with E-state index in [0.717, 1.165) is 0 Å². The van der Waals surface area contributed by atoms with Gasteiger partial charge >= 0.3 is 5.97 Å². The molecule has 0 fully saturated rings. The third-order valence-electron chi connectivity index (χ3n) is 3.00. The number of carboxylic acids is 1. The van der Waals surface area contributed by atoms with Gasteiger partial charge in [-0.2, -0.15) is 0 Å². The van der Waals surface area contributed by atoms with E-state index in [-0.39, 0.29) is 11.6 Å². The Morgan fingerprint density at radius 1 is 1.39 bits per heavy atom. The maximum Gasteiger partial charge on any atom is 0.358 e. The number of nitrogens with zero attached hydrogens (tertiary/aromatic N) is 3. The van der Waals surface area contributed by atoms with Crippen LogP contribution in [0.15, 0.2) is 30.5 Å². The normalized spacial score (nSPS) is 10.5. The van der Waals surface area contributed by atoms with Gasteiger partial charge in [-0.05, 0) is 31.5 Å². The number of anilines is 1. The van der Waals surface area contributed by atoms with Gasteiger partial charge in [0.25, 0.3) is 0 Å². The number of ether oxygens (including phenoxy) is 1. The fourth-order valence-electron chi connectivity index (χ4n) is 1.92. The fourth-order valence-corrected chi connectivity index (χ4v) is 1.92. The zero-order valence-electron chi connectivity index (χ0n) is 12.7. The second kappa shape index (κ2) is 8.04. The van der Waals surface area contributed by atoms with Gasteiger partial charge in [-0.3, -0.25) is 4.79 Å². The molecule has 0 spiro atoms. The van der Waals surface area contributed by atoms with Crippen LogP contribution in [0.5, 0.6) is 0 Å². The number of rotatable bonds is 8. The van der Waals surface area contributed by atoms with Gasteiger partial charge in [-0.15, -0.1) is 5.10 Å². The van der Waals surface area contributed by atoms with Gasteiger partial charge in [0.15, 0.2) is 5.69 Å². The first-order valence-corrected chi connectivity index (χ1v) is 7.24. The van der Waals surface area contributed by atoms with E-state index in [0.29, 0.717) is 37.4 Å². The van der Waals surface area contributed by atoms with E-state index < -0.39 is 5.97 Å². The van der Waals surface area contributed by atoms with Crippen LogP contribution >= 0.6 is 0 Å². The quantitative estimate of drug-likeness (QED) is 0.718. The molecule has 0 radical (unpaired) electrons. The minimum atomic E-state index is -1.14. The topological polar surface area (TPSA) is 106 Å². The number of amides is 1. The first-order chi connectivity index (χ1) is 11.1. The minimum absolute atomic E-state index is 0.105. The Balaban J connectivity index is 1.99. The smallest absolute Gasteiger partial charge is 0.358 e. The minimum Gasteiger partial charge on any atom is -0.476 e. The molecule has 0 saturated carbocycles. The molecule has 0 unspecified atom stereocenters. The molecule has 0 saturated heterocycles. The van der Waals surface area contributed by atoms with Crippen LogP contribution in [0.4, 0.5) is 5.69 Å². The summed E-state index contributed by atoms with van der Waals surface area (Å²) < 4.78 is 6.53. The molecule has 0 bridgehead atoms. The van der Waals surface area contributed by atoms with E-state index in [1.54, 1.807) is 24.3 Å².